The van der Waals surface area contributed by atoms with Crippen LogP contribution in [0.25, 0.3) is 0 Å². The Hall–Kier alpha value is -1.45. The highest BCUT2D eigenvalue weighted by Crippen LogP contribution is 2.36. The van der Waals surface area contributed by atoms with Crippen LogP contribution in [0.3, 0.4) is 0 Å². The second-order valence-corrected chi connectivity index (χ2v) is 8.38. The van der Waals surface area contributed by atoms with E-state index in [0.717, 1.165) is 12.1 Å². The van der Waals surface area contributed by atoms with Gasteiger partial charge in [-0.1, -0.05) is 6.07 Å². The molecule has 3 rings (SSSR count). The third-order valence-electron chi connectivity index (χ3n) is 4.00. The molecule has 0 radical (unpaired) electrons. The molecule has 2 aromatic rings. The van der Waals surface area contributed by atoms with Crippen LogP contribution in [0.2, 0.25) is 0 Å². The maximum absolute atomic E-state index is 14.0. The molecule has 1 aliphatic rings. The first kappa shape index (κ1) is 18.3. The number of nitrogens with one attached hydrogen (secondary N) is 1. The van der Waals surface area contributed by atoms with Crippen molar-refractivity contribution in [1.82, 2.24) is 4.72 Å². The molecule has 9 heteroatoms. The Morgan fingerprint density at radius 3 is 2.48 bits per heavy atom. The summed E-state index contributed by atoms with van der Waals surface area (Å²) in [7, 11) is -3.94. The third kappa shape index (κ3) is 3.73. The maximum Gasteiger partial charge on any atom is 0.216 e. The number of hydrogen-bond donors (Lipinski definition) is 1. The van der Waals surface area contributed by atoms with Gasteiger partial charge in [-0.3, -0.25) is 0 Å². The van der Waals surface area contributed by atoms with Crippen LogP contribution in [0.15, 0.2) is 28.7 Å². The fourth-order valence-corrected chi connectivity index (χ4v) is 4.53. The summed E-state index contributed by atoms with van der Waals surface area (Å²) in [6.07, 6.45) is 0.409. The Kier molecular flexibility index (Phi) is 4.91. The van der Waals surface area contributed by atoms with Crippen molar-refractivity contribution in [3.63, 3.8) is 0 Å². The Bertz CT molecular complexity index is 950. The van der Waals surface area contributed by atoms with Crippen molar-refractivity contribution in [2.75, 3.05) is 0 Å². The zero-order valence-corrected chi connectivity index (χ0v) is 15.0. The van der Waals surface area contributed by atoms with Gasteiger partial charge in [0, 0.05) is 5.56 Å². The number of benzene rings is 2. The molecule has 0 spiro atoms. The molecule has 1 atom stereocenters. The zero-order chi connectivity index (χ0) is 18.4. The first-order chi connectivity index (χ1) is 11.7. The summed E-state index contributed by atoms with van der Waals surface area (Å²) < 4.78 is 81.3. The molecule has 1 aliphatic carbocycles. The van der Waals surface area contributed by atoms with Gasteiger partial charge in [-0.15, -0.1) is 0 Å². The smallest absolute Gasteiger partial charge is 0.212 e. The fourth-order valence-electron chi connectivity index (χ4n) is 2.91. The predicted octanol–water partition coefficient (Wildman–Crippen LogP) is 4.11. The molecular formula is C16H12BrF4NO2S. The fraction of sp³-hybridized carbons (Fsp3) is 0.250. The van der Waals surface area contributed by atoms with Crippen LogP contribution >= 0.6 is 15.9 Å². The number of rotatable bonds is 4. The molecule has 3 nitrogen and oxygen atoms in total. The van der Waals surface area contributed by atoms with Crippen molar-refractivity contribution in [1.29, 1.82) is 0 Å². The molecule has 2 aromatic carbocycles. The molecule has 1 N–H and O–H groups in total. The largest absolute Gasteiger partial charge is 0.216 e. The summed E-state index contributed by atoms with van der Waals surface area (Å²) in [6, 6.07) is 3.77. The SMILES string of the molecule is O=S(=O)(Cc1ccc(Br)c(F)c1)NC1CCc2cc(F)c(F)c(F)c21. The highest BCUT2D eigenvalue weighted by Gasteiger charge is 2.32. The molecule has 0 heterocycles. The van der Waals surface area contributed by atoms with Gasteiger partial charge in [0.1, 0.15) is 5.82 Å². The van der Waals surface area contributed by atoms with Crippen LogP contribution in [0.5, 0.6) is 0 Å². The molecule has 0 aliphatic heterocycles. The Morgan fingerprint density at radius 2 is 1.80 bits per heavy atom. The van der Waals surface area contributed by atoms with E-state index in [-0.39, 0.29) is 34.0 Å². The topological polar surface area (TPSA) is 46.2 Å². The summed E-state index contributed by atoms with van der Waals surface area (Å²) >= 11 is 2.97. The quantitative estimate of drug-likeness (QED) is 0.577. The van der Waals surface area contributed by atoms with Gasteiger partial charge < -0.3 is 0 Å². The third-order valence-corrected chi connectivity index (χ3v) is 6.00. The maximum atomic E-state index is 14.0. The van der Waals surface area contributed by atoms with Gasteiger partial charge in [0.05, 0.1) is 16.3 Å². The minimum absolute atomic E-state index is 0.176. The van der Waals surface area contributed by atoms with Crippen LogP contribution in [0.4, 0.5) is 17.6 Å². The number of halogens is 5. The van der Waals surface area contributed by atoms with Crippen molar-refractivity contribution in [3.05, 3.63) is 68.7 Å². The highest BCUT2D eigenvalue weighted by molar-refractivity contribution is 9.10. The molecule has 0 amide bonds. The van der Waals surface area contributed by atoms with Crippen molar-refractivity contribution < 1.29 is 26.0 Å². The molecule has 134 valence electrons. The van der Waals surface area contributed by atoms with Gasteiger partial charge in [0.25, 0.3) is 0 Å². The molecule has 0 bridgehead atoms. The van der Waals surface area contributed by atoms with Gasteiger partial charge >= 0.3 is 0 Å². The Labute approximate surface area is 150 Å². The monoisotopic (exact) mass is 437 g/mol. The molecule has 0 saturated heterocycles. The summed E-state index contributed by atoms with van der Waals surface area (Å²) in [5, 5.41) is 0. The van der Waals surface area contributed by atoms with Gasteiger partial charge in [0.15, 0.2) is 17.5 Å². The summed E-state index contributed by atoms with van der Waals surface area (Å²) in [4.78, 5) is 0. The number of hydrogen-bond acceptors (Lipinski definition) is 2. The van der Waals surface area contributed by atoms with Gasteiger partial charge in [-0.2, -0.15) is 0 Å². The van der Waals surface area contributed by atoms with E-state index in [1.165, 1.54) is 12.1 Å². The van der Waals surface area contributed by atoms with Crippen LogP contribution < -0.4 is 4.72 Å². The lowest BCUT2D eigenvalue weighted by atomic mass is 10.1. The molecule has 0 aromatic heterocycles. The lowest BCUT2D eigenvalue weighted by molar-refractivity contribution is 0.435. The van der Waals surface area contributed by atoms with E-state index in [1.54, 1.807) is 0 Å². The van der Waals surface area contributed by atoms with Crippen molar-refractivity contribution in [2.24, 2.45) is 0 Å². The van der Waals surface area contributed by atoms with Crippen molar-refractivity contribution in [2.45, 2.75) is 24.6 Å². The second-order valence-electron chi connectivity index (χ2n) is 5.78. The van der Waals surface area contributed by atoms with Gasteiger partial charge in [-0.05, 0) is 58.1 Å². The lowest BCUT2D eigenvalue weighted by Gasteiger charge is -2.15. The summed E-state index contributed by atoms with van der Waals surface area (Å²) in [5.74, 6) is -5.43. The highest BCUT2D eigenvalue weighted by atomic mass is 79.9. The predicted molar refractivity (Wildman–Crippen MR) is 87.2 cm³/mol. The first-order valence-electron chi connectivity index (χ1n) is 7.28. The van der Waals surface area contributed by atoms with Crippen molar-refractivity contribution in [3.8, 4) is 0 Å². The lowest BCUT2D eigenvalue weighted by Crippen LogP contribution is -2.29. The molecular weight excluding hydrogens is 426 g/mol. The second kappa shape index (κ2) is 6.69. The van der Waals surface area contributed by atoms with E-state index in [1.807, 2.05) is 0 Å². The molecule has 1 unspecified atom stereocenters. The van der Waals surface area contributed by atoms with E-state index in [0.29, 0.717) is 0 Å². The average Bonchev–Trinajstić information content (AvgIpc) is 2.90. The normalized spacial score (nSPS) is 16.9. The first-order valence-corrected chi connectivity index (χ1v) is 9.72. The van der Waals surface area contributed by atoms with Gasteiger partial charge in [0.2, 0.25) is 10.0 Å². The van der Waals surface area contributed by atoms with E-state index in [9.17, 15) is 26.0 Å². The summed E-state index contributed by atoms with van der Waals surface area (Å²) in [6.45, 7) is 0. The molecule has 0 fully saturated rings. The van der Waals surface area contributed by atoms with Crippen LogP contribution in [0, 0.1) is 23.3 Å². The van der Waals surface area contributed by atoms with E-state index < -0.39 is 45.1 Å². The minimum Gasteiger partial charge on any atom is -0.212 e. The number of sulfonamides is 1. The van der Waals surface area contributed by atoms with Crippen LogP contribution in [-0.4, -0.2) is 8.42 Å². The number of fused-ring (bicyclic) bond motifs is 1. The molecule has 0 saturated carbocycles. The van der Waals surface area contributed by atoms with E-state index in [2.05, 4.69) is 20.7 Å². The van der Waals surface area contributed by atoms with Crippen LogP contribution in [0.1, 0.15) is 29.2 Å². The van der Waals surface area contributed by atoms with E-state index >= 15 is 0 Å². The minimum atomic E-state index is -3.94. The average molecular weight is 438 g/mol. The van der Waals surface area contributed by atoms with Crippen molar-refractivity contribution >= 4 is 26.0 Å². The van der Waals surface area contributed by atoms with Crippen LogP contribution in [-0.2, 0) is 22.2 Å². The van der Waals surface area contributed by atoms with E-state index in [4.69, 9.17) is 0 Å². The zero-order valence-electron chi connectivity index (χ0n) is 12.6. The Balaban J connectivity index is 1.84. The standard InChI is InChI=1S/C16H12BrF4NO2S/c17-10-3-1-8(5-11(10)18)7-25(23,24)22-13-4-2-9-6-12(19)15(20)16(21)14(9)13/h1,3,5-6,13,22H,2,4,7H2. The summed E-state index contributed by atoms with van der Waals surface area (Å²) in [5.41, 5.74) is 0.264. The number of aryl methyl sites for hydroxylation is 1. The molecule has 25 heavy (non-hydrogen) atoms. The Morgan fingerprint density at radius 1 is 1.08 bits per heavy atom. The van der Waals surface area contributed by atoms with Gasteiger partial charge in [-0.25, -0.2) is 30.7 Å².